The Kier molecular flexibility index (Phi) is 8.22. The molecule has 25 heavy (non-hydrogen) atoms. The van der Waals surface area contributed by atoms with Crippen molar-refractivity contribution in [3.05, 3.63) is 24.3 Å². The van der Waals surface area contributed by atoms with Gasteiger partial charge in [0, 0.05) is 31.1 Å². The molecule has 140 valence electrons. The number of morpholine rings is 1. The van der Waals surface area contributed by atoms with Crippen LogP contribution in [0.25, 0.3) is 0 Å². The third-order valence-corrected chi connectivity index (χ3v) is 4.95. The van der Waals surface area contributed by atoms with Crippen LogP contribution in [0.2, 0.25) is 0 Å². The maximum Gasteiger partial charge on any atom is 0.238 e. The lowest BCUT2D eigenvalue weighted by atomic mass is 10.1. The Bertz CT molecular complexity index is 553. The van der Waals surface area contributed by atoms with E-state index in [1.807, 2.05) is 42.5 Å². The molecule has 0 aliphatic carbocycles. The smallest absolute Gasteiger partial charge is 0.238 e. The van der Waals surface area contributed by atoms with Gasteiger partial charge in [0.25, 0.3) is 0 Å². The number of para-hydroxylation sites is 1. The number of nitrogens with one attached hydrogen (secondary N) is 1. The first-order chi connectivity index (χ1) is 12.0. The van der Waals surface area contributed by atoms with Gasteiger partial charge < -0.3 is 10.1 Å². The fourth-order valence-corrected chi connectivity index (χ4v) is 3.72. The van der Waals surface area contributed by atoms with E-state index in [4.69, 9.17) is 4.74 Å². The number of likely N-dealkylation sites (N-methyl/N-ethyl adjacent to an activating group) is 1. The highest BCUT2D eigenvalue weighted by Crippen LogP contribution is 2.24. The third-order valence-electron chi connectivity index (χ3n) is 4.16. The maximum absolute atomic E-state index is 12.3. The molecule has 5 nitrogen and oxygen atoms in total. The summed E-state index contributed by atoms with van der Waals surface area (Å²) in [5.41, 5.74) is 0.880. The van der Waals surface area contributed by atoms with E-state index in [0.717, 1.165) is 43.4 Å². The minimum atomic E-state index is 0.0128. The Hall–Kier alpha value is -1.08. The van der Waals surface area contributed by atoms with Crippen LogP contribution in [0.4, 0.5) is 5.69 Å². The van der Waals surface area contributed by atoms with Gasteiger partial charge in [0.05, 0.1) is 24.9 Å². The molecule has 1 saturated heterocycles. The van der Waals surface area contributed by atoms with Gasteiger partial charge in [0.15, 0.2) is 0 Å². The van der Waals surface area contributed by atoms with Crippen molar-refractivity contribution in [2.75, 3.05) is 58.0 Å². The Morgan fingerprint density at radius 3 is 2.92 bits per heavy atom. The monoisotopic (exact) mass is 365 g/mol. The molecular weight excluding hydrogens is 334 g/mol. The molecule has 1 N–H and O–H groups in total. The molecule has 1 aromatic carbocycles. The van der Waals surface area contributed by atoms with Crippen molar-refractivity contribution < 1.29 is 9.53 Å². The van der Waals surface area contributed by atoms with Gasteiger partial charge in [-0.25, -0.2) is 0 Å². The fraction of sp³-hybridized carbons (Fsp3) is 0.632. The van der Waals surface area contributed by atoms with Crippen molar-refractivity contribution in [3.8, 4) is 0 Å². The molecule has 1 atom stereocenters. The second-order valence-electron chi connectivity index (χ2n) is 7.09. The SMILES string of the molecule is CSc1ccccc1NC(=O)CN(C)C[C@H]1CN(CC(C)C)CCO1. The second kappa shape index (κ2) is 10.2. The molecule has 1 aromatic rings. The van der Waals surface area contributed by atoms with Crippen LogP contribution in [-0.2, 0) is 9.53 Å². The summed E-state index contributed by atoms with van der Waals surface area (Å²) < 4.78 is 5.88. The van der Waals surface area contributed by atoms with E-state index in [2.05, 4.69) is 24.1 Å². The summed E-state index contributed by atoms with van der Waals surface area (Å²) in [6.07, 6.45) is 2.18. The van der Waals surface area contributed by atoms with Crippen molar-refractivity contribution >= 4 is 23.4 Å². The number of rotatable bonds is 8. The highest BCUT2D eigenvalue weighted by Gasteiger charge is 2.22. The first kappa shape index (κ1) is 20.2. The number of hydrogen-bond donors (Lipinski definition) is 1. The van der Waals surface area contributed by atoms with E-state index in [0.29, 0.717) is 12.5 Å². The molecule has 1 aliphatic heterocycles. The quantitative estimate of drug-likeness (QED) is 0.718. The summed E-state index contributed by atoms with van der Waals surface area (Å²) in [4.78, 5) is 17.9. The molecule has 1 heterocycles. The third kappa shape index (κ3) is 6.98. The van der Waals surface area contributed by atoms with Gasteiger partial charge in [-0.3, -0.25) is 14.6 Å². The number of carbonyl (C=O) groups excluding carboxylic acids is 1. The fourth-order valence-electron chi connectivity index (χ4n) is 3.17. The molecule has 0 spiro atoms. The number of anilines is 1. The summed E-state index contributed by atoms with van der Waals surface area (Å²) in [5.74, 6) is 0.678. The number of benzene rings is 1. The van der Waals surface area contributed by atoms with Gasteiger partial charge in [-0.2, -0.15) is 0 Å². The number of ether oxygens (including phenoxy) is 1. The van der Waals surface area contributed by atoms with Crippen LogP contribution in [0.15, 0.2) is 29.2 Å². The normalized spacial score (nSPS) is 18.7. The predicted molar refractivity (Wildman–Crippen MR) is 105 cm³/mol. The Labute approximate surface area is 156 Å². The molecule has 0 radical (unpaired) electrons. The Morgan fingerprint density at radius 2 is 2.20 bits per heavy atom. The zero-order valence-corrected chi connectivity index (χ0v) is 16.6. The highest BCUT2D eigenvalue weighted by atomic mass is 32.2. The van der Waals surface area contributed by atoms with Crippen molar-refractivity contribution in [2.24, 2.45) is 5.92 Å². The van der Waals surface area contributed by atoms with Crippen LogP contribution in [-0.4, -0.2) is 74.4 Å². The average molecular weight is 366 g/mol. The van der Waals surface area contributed by atoms with Gasteiger partial charge in [-0.15, -0.1) is 11.8 Å². The van der Waals surface area contributed by atoms with Gasteiger partial charge in [-0.05, 0) is 31.4 Å². The molecule has 2 rings (SSSR count). The second-order valence-corrected chi connectivity index (χ2v) is 7.94. The van der Waals surface area contributed by atoms with Crippen molar-refractivity contribution in [3.63, 3.8) is 0 Å². The van der Waals surface area contributed by atoms with Gasteiger partial charge >= 0.3 is 0 Å². The number of carbonyl (C=O) groups is 1. The average Bonchev–Trinajstić information content (AvgIpc) is 2.54. The van der Waals surface area contributed by atoms with Crippen molar-refractivity contribution in [2.45, 2.75) is 24.8 Å². The van der Waals surface area contributed by atoms with Crippen LogP contribution in [0, 0.1) is 5.92 Å². The van der Waals surface area contributed by atoms with Gasteiger partial charge in [0.1, 0.15) is 0 Å². The zero-order chi connectivity index (χ0) is 18.2. The lowest BCUT2D eigenvalue weighted by Gasteiger charge is -2.35. The number of thioether (sulfide) groups is 1. The Balaban J connectivity index is 1.79. The van der Waals surface area contributed by atoms with Crippen LogP contribution in [0.1, 0.15) is 13.8 Å². The minimum absolute atomic E-state index is 0.0128. The summed E-state index contributed by atoms with van der Waals surface area (Å²) in [6, 6.07) is 7.89. The molecule has 0 saturated carbocycles. The van der Waals surface area contributed by atoms with Crippen molar-refractivity contribution in [1.29, 1.82) is 0 Å². The van der Waals surface area contributed by atoms with Crippen LogP contribution >= 0.6 is 11.8 Å². The lowest BCUT2D eigenvalue weighted by molar-refractivity contribution is -0.117. The van der Waals surface area contributed by atoms with Crippen LogP contribution in [0.5, 0.6) is 0 Å². The first-order valence-corrected chi connectivity index (χ1v) is 10.2. The molecule has 0 aromatic heterocycles. The van der Waals surface area contributed by atoms with Gasteiger partial charge in [-0.1, -0.05) is 26.0 Å². The van der Waals surface area contributed by atoms with E-state index in [1.165, 1.54) is 0 Å². The molecule has 1 aliphatic rings. The summed E-state index contributed by atoms with van der Waals surface area (Å²) in [6.45, 7) is 9.46. The summed E-state index contributed by atoms with van der Waals surface area (Å²) in [7, 11) is 1.98. The standard InChI is InChI=1S/C19H31N3O2S/c1-15(2)11-22-9-10-24-16(13-22)12-21(3)14-19(23)20-17-7-5-6-8-18(17)25-4/h5-8,15-16H,9-14H2,1-4H3,(H,20,23)/t16-/m0/s1. The molecule has 0 bridgehead atoms. The number of hydrogen-bond acceptors (Lipinski definition) is 5. The topological polar surface area (TPSA) is 44.8 Å². The summed E-state index contributed by atoms with van der Waals surface area (Å²) in [5, 5.41) is 3.01. The molecule has 0 unspecified atom stereocenters. The predicted octanol–water partition coefficient (Wildman–Crippen LogP) is 2.64. The van der Waals surface area contributed by atoms with E-state index in [9.17, 15) is 4.79 Å². The summed E-state index contributed by atoms with van der Waals surface area (Å²) >= 11 is 1.64. The maximum atomic E-state index is 12.3. The van der Waals surface area contributed by atoms with E-state index < -0.39 is 0 Å². The largest absolute Gasteiger partial charge is 0.374 e. The first-order valence-electron chi connectivity index (χ1n) is 8.93. The van der Waals surface area contributed by atoms with Crippen molar-refractivity contribution in [1.82, 2.24) is 9.80 Å². The zero-order valence-electron chi connectivity index (χ0n) is 15.8. The molecular formula is C19H31N3O2S. The van der Waals surface area contributed by atoms with Crippen LogP contribution < -0.4 is 5.32 Å². The lowest BCUT2D eigenvalue weighted by Crippen LogP contribution is -2.48. The molecule has 6 heteroatoms. The molecule has 1 amide bonds. The van der Waals surface area contributed by atoms with Crippen LogP contribution in [0.3, 0.4) is 0 Å². The highest BCUT2D eigenvalue weighted by molar-refractivity contribution is 7.98. The van der Waals surface area contributed by atoms with E-state index in [1.54, 1.807) is 11.8 Å². The van der Waals surface area contributed by atoms with E-state index in [-0.39, 0.29) is 12.0 Å². The number of nitrogens with zero attached hydrogens (tertiary/aromatic N) is 2. The van der Waals surface area contributed by atoms with E-state index >= 15 is 0 Å². The minimum Gasteiger partial charge on any atom is -0.374 e. The van der Waals surface area contributed by atoms with Gasteiger partial charge in [0.2, 0.25) is 5.91 Å². The molecule has 1 fully saturated rings. The Morgan fingerprint density at radius 1 is 1.44 bits per heavy atom. The number of amides is 1.